The zero-order valence-electron chi connectivity index (χ0n) is 12.4. The first kappa shape index (κ1) is 16.5. The van der Waals surface area contributed by atoms with E-state index in [4.69, 9.17) is 5.26 Å². The van der Waals surface area contributed by atoms with Crippen molar-refractivity contribution in [2.75, 3.05) is 5.32 Å². The van der Waals surface area contributed by atoms with E-state index in [-0.39, 0.29) is 17.3 Å². The Balaban J connectivity index is 3.43. The minimum atomic E-state index is -1.11. The molecule has 0 saturated carbocycles. The van der Waals surface area contributed by atoms with Gasteiger partial charge in [-0.1, -0.05) is 13.8 Å². The highest BCUT2D eigenvalue weighted by molar-refractivity contribution is 5.77. The Bertz CT molecular complexity index is 709. The van der Waals surface area contributed by atoms with Gasteiger partial charge >= 0.3 is 11.7 Å². The fourth-order valence-corrected chi connectivity index (χ4v) is 1.97. The molecule has 0 bridgehead atoms. The molecule has 1 rings (SSSR count). The first-order valence-electron chi connectivity index (χ1n) is 6.40. The Kier molecular flexibility index (Phi) is 4.92. The first-order valence-corrected chi connectivity index (χ1v) is 6.40. The summed E-state index contributed by atoms with van der Waals surface area (Å²) in [5.41, 5.74) is -1.67. The van der Waals surface area contributed by atoms with E-state index in [1.807, 2.05) is 13.8 Å². The fraction of sp³-hybridized carbons (Fsp3) is 0.538. The van der Waals surface area contributed by atoms with Crippen molar-refractivity contribution in [2.45, 2.75) is 26.3 Å². The fourth-order valence-electron chi connectivity index (χ4n) is 1.97. The monoisotopic (exact) mass is 294 g/mol. The summed E-state index contributed by atoms with van der Waals surface area (Å²) in [6.45, 7) is 3.71. The number of rotatable bonds is 5. The van der Waals surface area contributed by atoms with E-state index >= 15 is 0 Å². The molecule has 1 aromatic rings. The minimum absolute atomic E-state index is 0.0707. The standard InChI is InChI=1S/C13H18N4O4/c1-7(2)5-9(12(19)20)15-10-8(6-14)11(18)17(4)13(21)16(10)3/h7,9,15H,5H2,1-4H3,(H,19,20)/t9-/m1/s1. The van der Waals surface area contributed by atoms with Crippen LogP contribution in [0.5, 0.6) is 0 Å². The van der Waals surface area contributed by atoms with Crippen molar-refractivity contribution in [2.24, 2.45) is 20.0 Å². The lowest BCUT2D eigenvalue weighted by atomic mass is 10.0. The summed E-state index contributed by atoms with van der Waals surface area (Å²) >= 11 is 0. The highest BCUT2D eigenvalue weighted by Gasteiger charge is 2.23. The third-order valence-corrected chi connectivity index (χ3v) is 3.09. The molecule has 1 atom stereocenters. The van der Waals surface area contributed by atoms with Gasteiger partial charge < -0.3 is 10.4 Å². The Morgan fingerprint density at radius 3 is 2.33 bits per heavy atom. The van der Waals surface area contributed by atoms with Crippen LogP contribution >= 0.6 is 0 Å². The van der Waals surface area contributed by atoms with Gasteiger partial charge in [0.2, 0.25) is 0 Å². The molecule has 2 N–H and O–H groups in total. The van der Waals surface area contributed by atoms with Crippen LogP contribution in [0.15, 0.2) is 9.59 Å². The van der Waals surface area contributed by atoms with Crippen molar-refractivity contribution in [3.63, 3.8) is 0 Å². The van der Waals surface area contributed by atoms with Crippen molar-refractivity contribution < 1.29 is 9.90 Å². The average Bonchev–Trinajstić information content (AvgIpc) is 2.41. The number of nitrogens with one attached hydrogen (secondary N) is 1. The predicted molar refractivity (Wildman–Crippen MR) is 76.1 cm³/mol. The van der Waals surface area contributed by atoms with E-state index in [1.54, 1.807) is 6.07 Å². The van der Waals surface area contributed by atoms with Crippen LogP contribution in [0.4, 0.5) is 5.82 Å². The summed E-state index contributed by atoms with van der Waals surface area (Å²) < 4.78 is 1.87. The van der Waals surface area contributed by atoms with Crippen LogP contribution < -0.4 is 16.6 Å². The maximum absolute atomic E-state index is 11.9. The van der Waals surface area contributed by atoms with Gasteiger partial charge in [-0.15, -0.1) is 0 Å². The molecule has 0 unspecified atom stereocenters. The van der Waals surface area contributed by atoms with E-state index in [0.717, 1.165) is 9.13 Å². The van der Waals surface area contributed by atoms with Crippen molar-refractivity contribution >= 4 is 11.8 Å². The number of hydrogen-bond donors (Lipinski definition) is 2. The molecule has 0 aliphatic carbocycles. The number of carboxylic acids is 1. The number of aliphatic carboxylic acids is 1. The van der Waals surface area contributed by atoms with Gasteiger partial charge in [0.25, 0.3) is 5.56 Å². The number of aromatic nitrogens is 2. The van der Waals surface area contributed by atoms with Gasteiger partial charge in [0.1, 0.15) is 17.9 Å². The molecule has 0 amide bonds. The zero-order valence-corrected chi connectivity index (χ0v) is 12.4. The largest absolute Gasteiger partial charge is 0.480 e. The Hall–Kier alpha value is -2.56. The second kappa shape index (κ2) is 6.26. The molecular weight excluding hydrogens is 276 g/mol. The predicted octanol–water partition coefficient (Wildman–Crippen LogP) is -0.133. The van der Waals surface area contributed by atoms with E-state index in [9.17, 15) is 19.5 Å². The maximum atomic E-state index is 11.9. The summed E-state index contributed by atoms with van der Waals surface area (Å²) in [5, 5.41) is 21.0. The maximum Gasteiger partial charge on any atom is 0.332 e. The third kappa shape index (κ3) is 3.31. The molecule has 1 heterocycles. The molecule has 0 aliphatic rings. The number of anilines is 1. The van der Waals surface area contributed by atoms with Crippen LogP contribution in [0, 0.1) is 17.2 Å². The topological polar surface area (TPSA) is 117 Å². The van der Waals surface area contributed by atoms with Crippen LogP contribution in [-0.2, 0) is 18.9 Å². The van der Waals surface area contributed by atoms with Gasteiger partial charge in [0.05, 0.1) is 0 Å². The van der Waals surface area contributed by atoms with Gasteiger partial charge in [0.15, 0.2) is 5.56 Å². The van der Waals surface area contributed by atoms with Crippen LogP contribution in [0.1, 0.15) is 25.8 Å². The number of carboxylic acid groups (broad SMARTS) is 1. The molecule has 1 aromatic heterocycles. The minimum Gasteiger partial charge on any atom is -0.480 e. The Morgan fingerprint density at radius 2 is 1.90 bits per heavy atom. The second-order valence-corrected chi connectivity index (χ2v) is 5.21. The average molecular weight is 294 g/mol. The molecule has 21 heavy (non-hydrogen) atoms. The molecule has 0 fully saturated rings. The van der Waals surface area contributed by atoms with Gasteiger partial charge in [-0.2, -0.15) is 5.26 Å². The summed E-state index contributed by atoms with van der Waals surface area (Å²) in [6, 6.07) is 0.731. The summed E-state index contributed by atoms with van der Waals surface area (Å²) in [4.78, 5) is 35.1. The van der Waals surface area contributed by atoms with Crippen molar-refractivity contribution in [1.29, 1.82) is 5.26 Å². The SMILES string of the molecule is CC(C)C[C@@H](Nc1c(C#N)c(=O)n(C)c(=O)n1C)C(=O)O. The van der Waals surface area contributed by atoms with Crippen LogP contribution in [-0.4, -0.2) is 26.3 Å². The Labute approximate surface area is 121 Å². The van der Waals surface area contributed by atoms with Crippen LogP contribution in [0.2, 0.25) is 0 Å². The summed E-state index contributed by atoms with van der Waals surface area (Å²) in [5.74, 6) is -1.09. The molecule has 0 aromatic carbocycles. The highest BCUT2D eigenvalue weighted by Crippen LogP contribution is 2.14. The quantitative estimate of drug-likeness (QED) is 0.781. The zero-order chi connectivity index (χ0) is 16.3. The smallest absolute Gasteiger partial charge is 0.332 e. The summed E-state index contributed by atoms with van der Waals surface area (Å²) in [7, 11) is 2.64. The van der Waals surface area contributed by atoms with Gasteiger partial charge in [-0.25, -0.2) is 9.59 Å². The van der Waals surface area contributed by atoms with E-state index in [2.05, 4.69) is 5.32 Å². The lowest BCUT2D eigenvalue weighted by Gasteiger charge is -2.20. The van der Waals surface area contributed by atoms with Crippen molar-refractivity contribution in [1.82, 2.24) is 9.13 Å². The molecule has 0 saturated heterocycles. The number of nitrogens with zero attached hydrogens (tertiary/aromatic N) is 3. The molecular formula is C13H18N4O4. The molecule has 0 radical (unpaired) electrons. The number of carbonyl (C=O) groups is 1. The van der Waals surface area contributed by atoms with Gasteiger partial charge in [0, 0.05) is 14.1 Å². The third-order valence-electron chi connectivity index (χ3n) is 3.09. The number of nitriles is 1. The molecule has 114 valence electrons. The number of hydrogen-bond acceptors (Lipinski definition) is 5. The Morgan fingerprint density at radius 1 is 1.33 bits per heavy atom. The van der Waals surface area contributed by atoms with Crippen LogP contribution in [0.25, 0.3) is 0 Å². The lowest BCUT2D eigenvalue weighted by Crippen LogP contribution is -2.42. The van der Waals surface area contributed by atoms with E-state index in [1.165, 1.54) is 14.1 Å². The highest BCUT2D eigenvalue weighted by atomic mass is 16.4. The molecule has 0 spiro atoms. The lowest BCUT2D eigenvalue weighted by molar-refractivity contribution is -0.138. The first-order chi connectivity index (χ1) is 9.70. The van der Waals surface area contributed by atoms with Crippen molar-refractivity contribution in [3.8, 4) is 6.07 Å². The normalized spacial score (nSPS) is 12.0. The molecule has 8 nitrogen and oxygen atoms in total. The van der Waals surface area contributed by atoms with Gasteiger partial charge in [-0.3, -0.25) is 13.9 Å². The summed E-state index contributed by atoms with van der Waals surface area (Å²) in [6.07, 6.45) is 0.295. The van der Waals surface area contributed by atoms with E-state index < -0.39 is 23.3 Å². The molecule has 0 aliphatic heterocycles. The molecule has 8 heteroatoms. The second-order valence-electron chi connectivity index (χ2n) is 5.21. The van der Waals surface area contributed by atoms with Crippen LogP contribution in [0.3, 0.4) is 0 Å². The van der Waals surface area contributed by atoms with Crippen molar-refractivity contribution in [3.05, 3.63) is 26.4 Å². The van der Waals surface area contributed by atoms with E-state index in [0.29, 0.717) is 6.42 Å². The van der Waals surface area contributed by atoms with Gasteiger partial charge in [-0.05, 0) is 12.3 Å².